The minimum Gasteiger partial charge on any atom is -0.467 e. The van der Waals surface area contributed by atoms with Crippen LogP contribution in [0.2, 0.25) is 0 Å². The lowest BCUT2D eigenvalue weighted by Gasteiger charge is -2.27. The highest BCUT2D eigenvalue weighted by Crippen LogP contribution is 2.26. The van der Waals surface area contributed by atoms with Crippen molar-refractivity contribution in [1.82, 2.24) is 10.6 Å². The monoisotopic (exact) mass is 610 g/mol. The lowest BCUT2D eigenvalue weighted by atomic mass is 9.83. The van der Waals surface area contributed by atoms with Crippen LogP contribution >= 0.6 is 0 Å². The number of halogens is 1. The molecule has 0 aliphatic heterocycles. The molecule has 44 heavy (non-hydrogen) atoms. The van der Waals surface area contributed by atoms with Gasteiger partial charge in [-0.15, -0.1) is 0 Å². The smallest absolute Gasteiger partial charge is 0.408 e. The van der Waals surface area contributed by atoms with Crippen LogP contribution in [0.1, 0.15) is 69.9 Å². The molecule has 0 aromatic heterocycles. The number of carbonyl (C=O) groups is 5. The molecule has 0 spiro atoms. The number of ketones is 2. The van der Waals surface area contributed by atoms with Crippen molar-refractivity contribution in [1.29, 1.82) is 0 Å². The highest BCUT2D eigenvalue weighted by Gasteiger charge is 2.34. The Balaban J connectivity index is 1.74. The Morgan fingerprint density at radius 2 is 1.64 bits per heavy atom. The first kappa shape index (κ1) is 34.4. The van der Waals surface area contributed by atoms with Crippen molar-refractivity contribution in [3.05, 3.63) is 71.5 Å². The SMILES string of the molecule is COC(=O)[C@H](C[C@@H]1CCCCC1=O)NC(=O)[C@@H](CC(=O)[C@H](Cc1ccc(F)cc1)NC(=O)OCc1ccccc1)CC(C)C. The maximum absolute atomic E-state index is 13.7. The van der Waals surface area contributed by atoms with Gasteiger partial charge in [-0.2, -0.15) is 0 Å². The van der Waals surface area contributed by atoms with Crippen LogP contribution in [0.5, 0.6) is 0 Å². The predicted molar refractivity (Wildman–Crippen MR) is 162 cm³/mol. The zero-order chi connectivity index (χ0) is 32.1. The topological polar surface area (TPSA) is 128 Å². The largest absolute Gasteiger partial charge is 0.467 e. The average molecular weight is 611 g/mol. The zero-order valence-corrected chi connectivity index (χ0v) is 25.7. The molecular weight excluding hydrogens is 567 g/mol. The Morgan fingerprint density at radius 1 is 0.932 bits per heavy atom. The van der Waals surface area contributed by atoms with E-state index in [9.17, 15) is 28.4 Å². The van der Waals surface area contributed by atoms with Crippen molar-refractivity contribution in [2.45, 2.75) is 83.9 Å². The van der Waals surface area contributed by atoms with Crippen molar-refractivity contribution in [3.8, 4) is 0 Å². The van der Waals surface area contributed by atoms with Crippen molar-refractivity contribution in [3.63, 3.8) is 0 Å². The minimum atomic E-state index is -1.05. The molecule has 2 aromatic carbocycles. The predicted octanol–water partition coefficient (Wildman–Crippen LogP) is 5.09. The van der Waals surface area contributed by atoms with Gasteiger partial charge in [0.05, 0.1) is 13.2 Å². The van der Waals surface area contributed by atoms with Crippen molar-refractivity contribution in [2.24, 2.45) is 17.8 Å². The van der Waals surface area contributed by atoms with E-state index in [2.05, 4.69) is 10.6 Å². The van der Waals surface area contributed by atoms with Gasteiger partial charge < -0.3 is 20.1 Å². The van der Waals surface area contributed by atoms with Crippen molar-refractivity contribution in [2.75, 3.05) is 7.11 Å². The molecular formula is C34H43FN2O7. The molecule has 1 saturated carbocycles. The Kier molecular flexibility index (Phi) is 13.5. The van der Waals surface area contributed by atoms with E-state index in [1.807, 2.05) is 32.0 Å². The van der Waals surface area contributed by atoms with Gasteiger partial charge in [-0.25, -0.2) is 14.0 Å². The maximum atomic E-state index is 13.7. The number of nitrogens with one attached hydrogen (secondary N) is 2. The molecule has 1 fully saturated rings. The summed E-state index contributed by atoms with van der Waals surface area (Å²) in [7, 11) is 1.22. The number of hydrogen-bond acceptors (Lipinski definition) is 7. The molecule has 0 bridgehead atoms. The quantitative estimate of drug-likeness (QED) is 0.269. The van der Waals surface area contributed by atoms with Crippen LogP contribution in [0.3, 0.4) is 0 Å². The van der Waals surface area contributed by atoms with Gasteiger partial charge in [-0.1, -0.05) is 62.7 Å². The summed E-state index contributed by atoms with van der Waals surface area (Å²) in [6.45, 7) is 3.83. The fourth-order valence-electron chi connectivity index (χ4n) is 5.48. The first-order chi connectivity index (χ1) is 21.0. The fourth-order valence-corrected chi connectivity index (χ4v) is 5.48. The van der Waals surface area contributed by atoms with Gasteiger partial charge in [0.15, 0.2) is 5.78 Å². The first-order valence-electron chi connectivity index (χ1n) is 15.2. The second kappa shape index (κ2) is 17.3. The second-order valence-corrected chi connectivity index (χ2v) is 11.8. The summed E-state index contributed by atoms with van der Waals surface area (Å²) < 4.78 is 23.8. The van der Waals surface area contributed by atoms with E-state index < -0.39 is 47.6 Å². The second-order valence-electron chi connectivity index (χ2n) is 11.8. The summed E-state index contributed by atoms with van der Waals surface area (Å²) in [5, 5.41) is 5.38. The molecule has 238 valence electrons. The Bertz CT molecular complexity index is 1270. The van der Waals surface area contributed by atoms with E-state index in [1.54, 1.807) is 12.1 Å². The normalized spacial score (nSPS) is 16.8. The van der Waals surface area contributed by atoms with E-state index in [0.717, 1.165) is 18.4 Å². The molecule has 1 aliphatic carbocycles. The summed E-state index contributed by atoms with van der Waals surface area (Å²) >= 11 is 0. The first-order valence-corrected chi connectivity index (χ1v) is 15.2. The third-order valence-electron chi connectivity index (χ3n) is 7.82. The zero-order valence-electron chi connectivity index (χ0n) is 25.7. The molecule has 1 aliphatic rings. The molecule has 2 N–H and O–H groups in total. The number of alkyl carbamates (subject to hydrolysis) is 1. The molecule has 2 aromatic rings. The standard InChI is InChI=1S/C34H43FN2O7/c1-22(2)17-26(32(40)36-29(33(41)43-3)19-25-11-7-8-12-30(25)38)20-31(39)28(18-23-13-15-27(35)16-14-23)37-34(42)44-21-24-9-5-4-6-10-24/h4-6,9-10,13-16,22,25-26,28-29H,7-8,11-12,17-21H2,1-3H3,(H,36,40)(H,37,42)/t25-,26+,28-,29-/m0/s1. The molecule has 0 radical (unpaired) electrons. The van der Waals surface area contributed by atoms with Crippen LogP contribution in [-0.4, -0.2) is 48.7 Å². The van der Waals surface area contributed by atoms with Crippen LogP contribution < -0.4 is 10.6 Å². The number of Topliss-reactive ketones (excluding diaryl/α,β-unsaturated/α-hetero) is 2. The third-order valence-corrected chi connectivity index (χ3v) is 7.82. The number of hydrogen-bond donors (Lipinski definition) is 2. The number of ether oxygens (including phenoxy) is 2. The molecule has 0 saturated heterocycles. The van der Waals surface area contributed by atoms with E-state index in [4.69, 9.17) is 9.47 Å². The van der Waals surface area contributed by atoms with Crippen LogP contribution in [0, 0.1) is 23.6 Å². The number of carbonyl (C=O) groups excluding carboxylic acids is 5. The molecule has 0 unspecified atom stereocenters. The number of benzene rings is 2. The average Bonchev–Trinajstić information content (AvgIpc) is 3.01. The van der Waals surface area contributed by atoms with E-state index >= 15 is 0 Å². The van der Waals surface area contributed by atoms with Gasteiger partial charge in [-0.05, 0) is 61.3 Å². The molecule has 4 atom stereocenters. The van der Waals surface area contributed by atoms with Crippen molar-refractivity contribution < 1.29 is 37.8 Å². The molecule has 9 nitrogen and oxygen atoms in total. The third kappa shape index (κ3) is 11.2. The Labute approximate surface area is 258 Å². The summed E-state index contributed by atoms with van der Waals surface area (Å²) in [6, 6.07) is 12.6. The number of amides is 2. The Hall–Kier alpha value is -4.08. The highest BCUT2D eigenvalue weighted by molar-refractivity contribution is 5.93. The van der Waals surface area contributed by atoms with Gasteiger partial charge in [0.2, 0.25) is 5.91 Å². The number of rotatable bonds is 15. The van der Waals surface area contributed by atoms with Crippen LogP contribution in [-0.2, 0) is 41.7 Å². The fraction of sp³-hybridized carbons (Fsp3) is 0.500. The van der Waals surface area contributed by atoms with Crippen molar-refractivity contribution >= 4 is 29.5 Å². The van der Waals surface area contributed by atoms with Gasteiger partial charge in [-0.3, -0.25) is 14.4 Å². The van der Waals surface area contributed by atoms with Crippen LogP contribution in [0.25, 0.3) is 0 Å². The van der Waals surface area contributed by atoms with Gasteiger partial charge in [0.1, 0.15) is 24.2 Å². The van der Waals surface area contributed by atoms with Gasteiger partial charge in [0, 0.05) is 24.7 Å². The maximum Gasteiger partial charge on any atom is 0.408 e. The summed E-state index contributed by atoms with van der Waals surface area (Å²) in [5.41, 5.74) is 1.38. The molecule has 3 rings (SSSR count). The van der Waals surface area contributed by atoms with Crippen LogP contribution in [0.4, 0.5) is 9.18 Å². The minimum absolute atomic E-state index is 0.000919. The molecule has 10 heteroatoms. The molecule has 2 amide bonds. The number of esters is 1. The van der Waals surface area contributed by atoms with Gasteiger partial charge in [0.25, 0.3) is 0 Å². The molecule has 0 heterocycles. The summed E-state index contributed by atoms with van der Waals surface area (Å²) in [4.78, 5) is 65.0. The number of methoxy groups -OCH3 is 1. The van der Waals surface area contributed by atoms with E-state index in [1.165, 1.54) is 31.4 Å². The lowest BCUT2D eigenvalue weighted by molar-refractivity contribution is -0.146. The summed E-state index contributed by atoms with van der Waals surface area (Å²) in [6.07, 6.45) is 2.31. The van der Waals surface area contributed by atoms with E-state index in [-0.39, 0.29) is 43.5 Å². The lowest BCUT2D eigenvalue weighted by Crippen LogP contribution is -2.48. The van der Waals surface area contributed by atoms with E-state index in [0.29, 0.717) is 24.8 Å². The van der Waals surface area contributed by atoms with Gasteiger partial charge >= 0.3 is 12.1 Å². The summed E-state index contributed by atoms with van der Waals surface area (Å²) in [5.74, 6) is -3.05. The highest BCUT2D eigenvalue weighted by atomic mass is 19.1. The Morgan fingerprint density at radius 3 is 2.27 bits per heavy atom. The van der Waals surface area contributed by atoms with Crippen LogP contribution in [0.15, 0.2) is 54.6 Å².